The van der Waals surface area contributed by atoms with Gasteiger partial charge in [-0.15, -0.1) is 4.91 Å². The van der Waals surface area contributed by atoms with Crippen molar-refractivity contribution in [1.82, 2.24) is 0 Å². The Morgan fingerprint density at radius 1 is 1.24 bits per heavy atom. The lowest BCUT2D eigenvalue weighted by atomic mass is 10.0. The fraction of sp³-hybridized carbons (Fsp3) is 0.462. The first-order chi connectivity index (χ1) is 8.02. The molecule has 0 bridgehead atoms. The molecule has 0 aromatic heterocycles. The van der Waals surface area contributed by atoms with Gasteiger partial charge < -0.3 is 4.74 Å². The molecule has 0 saturated heterocycles. The molecule has 4 heteroatoms. The maximum Gasteiger partial charge on any atom is 0.326 e. The molecule has 1 amide bonds. The van der Waals surface area contributed by atoms with E-state index in [1.807, 2.05) is 12.1 Å². The van der Waals surface area contributed by atoms with Gasteiger partial charge in [0.25, 0.3) is 0 Å². The van der Waals surface area contributed by atoms with Crippen molar-refractivity contribution in [3.05, 3.63) is 34.7 Å². The van der Waals surface area contributed by atoms with Crippen LogP contribution in [-0.4, -0.2) is 12.0 Å². The molecule has 1 rings (SSSR count). The Labute approximate surface area is 101 Å². The van der Waals surface area contributed by atoms with Crippen LogP contribution in [0.5, 0.6) is 5.75 Å². The third-order valence-corrected chi connectivity index (χ3v) is 2.32. The van der Waals surface area contributed by atoms with E-state index in [0.29, 0.717) is 11.7 Å². The zero-order chi connectivity index (χ0) is 12.8. The highest BCUT2D eigenvalue weighted by atomic mass is 16.5. The van der Waals surface area contributed by atoms with E-state index < -0.39 is 12.0 Å². The summed E-state index contributed by atoms with van der Waals surface area (Å²) in [6.07, 6.45) is 0.174. The van der Waals surface area contributed by atoms with Crippen LogP contribution in [0.2, 0.25) is 0 Å². The van der Waals surface area contributed by atoms with Crippen LogP contribution in [-0.2, 0) is 11.2 Å². The molecule has 0 fully saturated rings. The van der Waals surface area contributed by atoms with Crippen LogP contribution in [0.1, 0.15) is 26.3 Å². The van der Waals surface area contributed by atoms with Gasteiger partial charge in [-0.05, 0) is 37.0 Å². The second kappa shape index (κ2) is 6.13. The van der Waals surface area contributed by atoms with Gasteiger partial charge in [0.1, 0.15) is 5.75 Å². The maximum absolute atomic E-state index is 10.9. The van der Waals surface area contributed by atoms with Crippen molar-refractivity contribution < 1.29 is 9.53 Å². The van der Waals surface area contributed by atoms with Gasteiger partial charge in [-0.25, -0.2) is 0 Å². The second-order valence-corrected chi connectivity index (χ2v) is 4.43. The molecular formula is C13H17NO3. The van der Waals surface area contributed by atoms with Gasteiger partial charge in [-0.2, -0.15) is 0 Å². The molecular weight excluding hydrogens is 218 g/mol. The van der Waals surface area contributed by atoms with Gasteiger partial charge >= 0.3 is 5.91 Å². The SMILES string of the molecule is CC(C)Cc1ccc(OC(C)C(=O)N=O)cc1. The van der Waals surface area contributed by atoms with Crippen molar-refractivity contribution in [2.45, 2.75) is 33.3 Å². The molecule has 0 heterocycles. The normalized spacial score (nSPS) is 12.2. The van der Waals surface area contributed by atoms with Gasteiger partial charge in [-0.1, -0.05) is 26.0 Å². The van der Waals surface area contributed by atoms with Crippen LogP contribution in [0.15, 0.2) is 29.4 Å². The zero-order valence-electron chi connectivity index (χ0n) is 10.3. The van der Waals surface area contributed by atoms with Crippen molar-refractivity contribution in [3.8, 4) is 5.75 Å². The van der Waals surface area contributed by atoms with Crippen LogP contribution in [0.3, 0.4) is 0 Å². The molecule has 0 radical (unpaired) electrons. The standard InChI is InChI=1S/C13H17NO3/c1-9(2)8-11-4-6-12(7-5-11)17-10(3)13(15)14-16/h4-7,9-10H,8H2,1-3H3. The summed E-state index contributed by atoms with van der Waals surface area (Å²) in [6, 6.07) is 7.51. The summed E-state index contributed by atoms with van der Waals surface area (Å²) >= 11 is 0. The lowest BCUT2D eigenvalue weighted by molar-refractivity contribution is -0.123. The van der Waals surface area contributed by atoms with Crippen molar-refractivity contribution in [1.29, 1.82) is 0 Å². The Bertz CT molecular complexity index is 384. The highest BCUT2D eigenvalue weighted by Gasteiger charge is 2.14. The highest BCUT2D eigenvalue weighted by molar-refractivity contribution is 5.81. The van der Waals surface area contributed by atoms with Crippen molar-refractivity contribution >= 4 is 5.91 Å². The number of rotatable bonds is 5. The average molecular weight is 235 g/mol. The smallest absolute Gasteiger partial charge is 0.326 e. The minimum atomic E-state index is -0.830. The number of hydrogen-bond donors (Lipinski definition) is 0. The van der Waals surface area contributed by atoms with Crippen LogP contribution in [0, 0.1) is 10.8 Å². The van der Waals surface area contributed by atoms with Crippen LogP contribution < -0.4 is 4.74 Å². The Morgan fingerprint density at radius 2 is 1.82 bits per heavy atom. The molecule has 0 spiro atoms. The third kappa shape index (κ3) is 4.34. The second-order valence-electron chi connectivity index (χ2n) is 4.43. The number of ether oxygens (including phenoxy) is 1. The Kier molecular flexibility index (Phi) is 4.82. The number of carbonyl (C=O) groups is 1. The molecule has 17 heavy (non-hydrogen) atoms. The van der Waals surface area contributed by atoms with Crippen molar-refractivity contribution in [3.63, 3.8) is 0 Å². The lowest BCUT2D eigenvalue weighted by Gasteiger charge is -2.11. The average Bonchev–Trinajstić information content (AvgIpc) is 2.30. The number of nitrogens with zero attached hydrogens (tertiary/aromatic N) is 1. The summed E-state index contributed by atoms with van der Waals surface area (Å²) in [7, 11) is 0. The third-order valence-electron chi connectivity index (χ3n) is 2.32. The summed E-state index contributed by atoms with van der Waals surface area (Å²) in [6.45, 7) is 5.81. The Hall–Kier alpha value is -1.71. The van der Waals surface area contributed by atoms with E-state index in [0.717, 1.165) is 6.42 Å². The number of benzene rings is 1. The van der Waals surface area contributed by atoms with E-state index in [4.69, 9.17) is 4.74 Å². The van der Waals surface area contributed by atoms with Gasteiger partial charge in [0.05, 0.1) is 0 Å². The molecule has 4 nitrogen and oxygen atoms in total. The van der Waals surface area contributed by atoms with E-state index in [1.54, 1.807) is 12.1 Å². The number of carbonyl (C=O) groups excluding carboxylic acids is 1. The first-order valence-electron chi connectivity index (χ1n) is 5.65. The molecule has 1 atom stereocenters. The summed E-state index contributed by atoms with van der Waals surface area (Å²) in [5.74, 6) is 0.375. The fourth-order valence-corrected chi connectivity index (χ4v) is 1.50. The Morgan fingerprint density at radius 3 is 2.29 bits per heavy atom. The number of hydrogen-bond acceptors (Lipinski definition) is 3. The quantitative estimate of drug-likeness (QED) is 0.737. The van der Waals surface area contributed by atoms with Crippen molar-refractivity contribution in [2.75, 3.05) is 0 Å². The molecule has 1 aromatic carbocycles. The minimum absolute atomic E-state index is 0.571. The van der Waals surface area contributed by atoms with Crippen LogP contribution >= 0.6 is 0 Å². The maximum atomic E-state index is 10.9. The van der Waals surface area contributed by atoms with E-state index >= 15 is 0 Å². The van der Waals surface area contributed by atoms with E-state index in [9.17, 15) is 9.70 Å². The summed E-state index contributed by atoms with van der Waals surface area (Å²) in [4.78, 5) is 21.0. The predicted molar refractivity (Wildman–Crippen MR) is 65.9 cm³/mol. The monoisotopic (exact) mass is 235 g/mol. The first kappa shape index (κ1) is 13.4. The van der Waals surface area contributed by atoms with Gasteiger partial charge in [0, 0.05) is 5.18 Å². The molecule has 0 N–H and O–H groups in total. The van der Waals surface area contributed by atoms with Crippen LogP contribution in [0.25, 0.3) is 0 Å². The first-order valence-corrected chi connectivity index (χ1v) is 5.65. The van der Waals surface area contributed by atoms with E-state index in [2.05, 4.69) is 19.0 Å². The highest BCUT2D eigenvalue weighted by Crippen LogP contribution is 2.16. The largest absolute Gasteiger partial charge is 0.481 e. The number of amides is 1. The number of nitroso groups, excluding NO2 is 1. The predicted octanol–water partition coefficient (Wildman–Crippen LogP) is 2.95. The molecule has 1 unspecified atom stereocenters. The summed E-state index contributed by atoms with van der Waals surface area (Å²) < 4.78 is 5.28. The molecule has 0 aliphatic heterocycles. The minimum Gasteiger partial charge on any atom is -0.481 e. The molecule has 1 aromatic rings. The Balaban J connectivity index is 2.62. The zero-order valence-corrected chi connectivity index (χ0v) is 10.3. The van der Waals surface area contributed by atoms with Crippen molar-refractivity contribution in [2.24, 2.45) is 11.1 Å². The molecule has 0 saturated carbocycles. The van der Waals surface area contributed by atoms with Gasteiger partial charge in [0.15, 0.2) is 6.10 Å². The summed E-state index contributed by atoms with van der Waals surface area (Å²) in [5.41, 5.74) is 1.22. The summed E-state index contributed by atoms with van der Waals surface area (Å²) in [5, 5.41) is 2.33. The molecule has 0 aliphatic rings. The molecule has 92 valence electrons. The topological polar surface area (TPSA) is 55.7 Å². The van der Waals surface area contributed by atoms with E-state index in [-0.39, 0.29) is 0 Å². The van der Waals surface area contributed by atoms with Gasteiger partial charge in [0.2, 0.25) is 0 Å². The fourth-order valence-electron chi connectivity index (χ4n) is 1.50. The van der Waals surface area contributed by atoms with Crippen LogP contribution in [0.4, 0.5) is 0 Å². The molecule has 0 aliphatic carbocycles. The van der Waals surface area contributed by atoms with E-state index in [1.165, 1.54) is 12.5 Å². The van der Waals surface area contributed by atoms with Gasteiger partial charge in [-0.3, -0.25) is 4.79 Å². The lowest BCUT2D eigenvalue weighted by Crippen LogP contribution is -2.21.